The average molecular weight is 297 g/mol. The minimum Gasteiger partial charge on any atom is -0.325 e. The van der Waals surface area contributed by atoms with Gasteiger partial charge in [-0.15, -0.1) is 0 Å². The lowest BCUT2D eigenvalue weighted by Gasteiger charge is -2.25. The molecule has 4 heteroatoms. The molecule has 0 atom stereocenters. The number of benzene rings is 1. The molecule has 1 aromatic rings. The molecule has 0 saturated heterocycles. The Labute approximate surface area is 127 Å². The lowest BCUT2D eigenvalue weighted by molar-refractivity contribution is -0.115. The summed E-state index contributed by atoms with van der Waals surface area (Å²) in [6.07, 6.45) is 0. The van der Waals surface area contributed by atoms with Crippen LogP contribution >= 0.6 is 11.6 Å². The highest BCUT2D eigenvalue weighted by Gasteiger charge is 2.17. The van der Waals surface area contributed by atoms with Crippen molar-refractivity contribution in [1.29, 1.82) is 0 Å². The number of carbonyl (C=O) groups is 1. The van der Waals surface area contributed by atoms with Crippen LogP contribution in [0.3, 0.4) is 0 Å². The molecule has 0 heterocycles. The van der Waals surface area contributed by atoms with Crippen molar-refractivity contribution in [2.24, 2.45) is 17.8 Å². The van der Waals surface area contributed by atoms with Crippen molar-refractivity contribution in [3.05, 3.63) is 29.3 Å². The van der Waals surface area contributed by atoms with Gasteiger partial charge in [-0.1, -0.05) is 39.3 Å². The first-order valence-corrected chi connectivity index (χ1v) is 7.54. The Morgan fingerprint density at radius 3 is 2.15 bits per heavy atom. The summed E-state index contributed by atoms with van der Waals surface area (Å²) in [6.45, 7) is 10.1. The summed E-state index contributed by atoms with van der Waals surface area (Å²) in [6, 6.07) is 7.12. The Bertz CT molecular complexity index is 407. The summed E-state index contributed by atoms with van der Waals surface area (Å²) in [4.78, 5) is 11.8. The highest BCUT2D eigenvalue weighted by Crippen LogP contribution is 2.19. The van der Waals surface area contributed by atoms with E-state index in [1.807, 2.05) is 0 Å². The third kappa shape index (κ3) is 5.93. The van der Waals surface area contributed by atoms with Gasteiger partial charge in [0.2, 0.25) is 5.91 Å². The Hall–Kier alpha value is -1.06. The molecule has 0 spiro atoms. The summed E-state index contributed by atoms with van der Waals surface area (Å²) in [5.74, 6) is 1.78. The average Bonchev–Trinajstić information content (AvgIpc) is 2.36. The summed E-state index contributed by atoms with van der Waals surface area (Å²) in [5, 5.41) is 6.75. The van der Waals surface area contributed by atoms with Gasteiger partial charge in [0.15, 0.2) is 0 Å². The molecular formula is C16H25ClN2O. The van der Waals surface area contributed by atoms with Crippen LogP contribution in [-0.2, 0) is 4.79 Å². The molecule has 0 aromatic heterocycles. The van der Waals surface area contributed by atoms with E-state index in [4.69, 9.17) is 11.6 Å². The van der Waals surface area contributed by atoms with Gasteiger partial charge < -0.3 is 10.6 Å². The van der Waals surface area contributed by atoms with E-state index in [9.17, 15) is 4.79 Å². The van der Waals surface area contributed by atoms with E-state index in [0.717, 1.165) is 12.2 Å². The van der Waals surface area contributed by atoms with Gasteiger partial charge in [-0.05, 0) is 48.6 Å². The van der Waals surface area contributed by atoms with Crippen LogP contribution in [0.4, 0.5) is 5.69 Å². The van der Waals surface area contributed by atoms with Crippen LogP contribution in [0.15, 0.2) is 24.3 Å². The molecule has 0 aliphatic heterocycles. The number of rotatable bonds is 7. The highest BCUT2D eigenvalue weighted by molar-refractivity contribution is 6.30. The van der Waals surface area contributed by atoms with E-state index in [1.54, 1.807) is 24.3 Å². The normalized spacial score (nSPS) is 11.4. The van der Waals surface area contributed by atoms with Crippen molar-refractivity contribution < 1.29 is 4.79 Å². The number of halogens is 1. The zero-order valence-corrected chi connectivity index (χ0v) is 13.5. The molecule has 2 N–H and O–H groups in total. The number of hydrogen-bond acceptors (Lipinski definition) is 2. The predicted octanol–water partition coefficient (Wildman–Crippen LogP) is 3.80. The van der Waals surface area contributed by atoms with Gasteiger partial charge in [0, 0.05) is 10.7 Å². The van der Waals surface area contributed by atoms with E-state index in [1.165, 1.54) is 0 Å². The highest BCUT2D eigenvalue weighted by atomic mass is 35.5. The molecule has 0 bridgehead atoms. The molecule has 1 rings (SSSR count). The molecule has 1 aromatic carbocycles. The third-order valence-corrected chi connectivity index (χ3v) is 3.76. The van der Waals surface area contributed by atoms with Crippen LogP contribution < -0.4 is 10.6 Å². The van der Waals surface area contributed by atoms with Crippen LogP contribution in [0.2, 0.25) is 5.02 Å². The summed E-state index contributed by atoms with van der Waals surface area (Å²) in [7, 11) is 0. The summed E-state index contributed by atoms with van der Waals surface area (Å²) in [5.41, 5.74) is 0.769. The molecule has 0 saturated carbocycles. The smallest absolute Gasteiger partial charge is 0.238 e. The zero-order valence-electron chi connectivity index (χ0n) is 12.7. The third-order valence-electron chi connectivity index (χ3n) is 3.51. The number of hydrogen-bond donors (Lipinski definition) is 2. The van der Waals surface area contributed by atoms with Crippen LogP contribution in [0, 0.1) is 17.8 Å². The van der Waals surface area contributed by atoms with Crippen molar-refractivity contribution in [2.75, 3.05) is 18.4 Å². The first-order valence-electron chi connectivity index (χ1n) is 7.16. The minimum absolute atomic E-state index is 0.0291. The van der Waals surface area contributed by atoms with Gasteiger partial charge >= 0.3 is 0 Å². The Balaban J connectivity index is 2.34. The van der Waals surface area contributed by atoms with E-state index in [0.29, 0.717) is 29.3 Å². The second-order valence-electron chi connectivity index (χ2n) is 5.84. The Morgan fingerprint density at radius 1 is 1.10 bits per heavy atom. The molecule has 0 radical (unpaired) electrons. The maximum Gasteiger partial charge on any atom is 0.238 e. The summed E-state index contributed by atoms with van der Waals surface area (Å²) >= 11 is 5.80. The van der Waals surface area contributed by atoms with Gasteiger partial charge in [-0.3, -0.25) is 4.79 Å². The quantitative estimate of drug-likeness (QED) is 0.803. The number of carbonyl (C=O) groups excluding carboxylic acids is 1. The lowest BCUT2D eigenvalue weighted by atomic mass is 9.85. The monoisotopic (exact) mass is 296 g/mol. The minimum atomic E-state index is -0.0291. The predicted molar refractivity (Wildman–Crippen MR) is 86.1 cm³/mol. The van der Waals surface area contributed by atoms with E-state index in [-0.39, 0.29) is 5.91 Å². The molecule has 0 aliphatic rings. The second-order valence-corrected chi connectivity index (χ2v) is 6.27. The van der Waals surface area contributed by atoms with Crippen molar-refractivity contribution in [2.45, 2.75) is 27.7 Å². The molecule has 20 heavy (non-hydrogen) atoms. The van der Waals surface area contributed by atoms with Crippen molar-refractivity contribution in [3.63, 3.8) is 0 Å². The van der Waals surface area contributed by atoms with Crippen LogP contribution in [0.5, 0.6) is 0 Å². The van der Waals surface area contributed by atoms with Crippen molar-refractivity contribution >= 4 is 23.2 Å². The molecule has 0 unspecified atom stereocenters. The standard InChI is InChI=1S/C16H25ClN2O/c1-11(2)15(12(3)4)9-18-10-16(20)19-14-7-5-13(17)6-8-14/h5-8,11-12,15,18H,9-10H2,1-4H3,(H,19,20). The molecule has 112 valence electrons. The SMILES string of the molecule is CC(C)C(CNCC(=O)Nc1ccc(Cl)cc1)C(C)C. The van der Waals surface area contributed by atoms with Gasteiger partial charge in [0.25, 0.3) is 0 Å². The maximum absolute atomic E-state index is 11.8. The fourth-order valence-electron chi connectivity index (χ4n) is 2.33. The molecular weight excluding hydrogens is 272 g/mol. The molecule has 3 nitrogen and oxygen atoms in total. The fraction of sp³-hybridized carbons (Fsp3) is 0.562. The van der Waals surface area contributed by atoms with Crippen LogP contribution in [-0.4, -0.2) is 19.0 Å². The van der Waals surface area contributed by atoms with Crippen molar-refractivity contribution in [1.82, 2.24) is 5.32 Å². The Morgan fingerprint density at radius 2 is 1.65 bits per heavy atom. The number of anilines is 1. The van der Waals surface area contributed by atoms with E-state index < -0.39 is 0 Å². The first kappa shape index (κ1) is 17.0. The second kappa shape index (κ2) is 8.28. The van der Waals surface area contributed by atoms with Crippen molar-refractivity contribution in [3.8, 4) is 0 Å². The lowest BCUT2D eigenvalue weighted by Crippen LogP contribution is -2.35. The fourth-order valence-corrected chi connectivity index (χ4v) is 2.46. The summed E-state index contributed by atoms with van der Waals surface area (Å²) < 4.78 is 0. The number of amides is 1. The van der Waals surface area contributed by atoms with E-state index >= 15 is 0 Å². The molecule has 0 aliphatic carbocycles. The topological polar surface area (TPSA) is 41.1 Å². The van der Waals surface area contributed by atoms with Gasteiger partial charge in [0.1, 0.15) is 0 Å². The molecule has 0 fully saturated rings. The first-order chi connectivity index (χ1) is 9.40. The largest absolute Gasteiger partial charge is 0.325 e. The van der Waals surface area contributed by atoms with Crippen LogP contribution in [0.25, 0.3) is 0 Å². The van der Waals surface area contributed by atoms with Gasteiger partial charge in [-0.2, -0.15) is 0 Å². The van der Waals surface area contributed by atoms with Crippen LogP contribution in [0.1, 0.15) is 27.7 Å². The Kier molecular flexibility index (Phi) is 7.03. The number of nitrogens with one attached hydrogen (secondary N) is 2. The van der Waals surface area contributed by atoms with Gasteiger partial charge in [0.05, 0.1) is 6.54 Å². The molecule has 1 amide bonds. The van der Waals surface area contributed by atoms with E-state index in [2.05, 4.69) is 38.3 Å². The van der Waals surface area contributed by atoms with Gasteiger partial charge in [-0.25, -0.2) is 0 Å². The maximum atomic E-state index is 11.8. The zero-order chi connectivity index (χ0) is 15.1.